The third-order valence-electron chi connectivity index (χ3n) is 9.14. The average molecular weight is 830 g/mol. The zero-order valence-corrected chi connectivity index (χ0v) is 32.5. The minimum atomic E-state index is -0.417. The van der Waals surface area contributed by atoms with Crippen LogP contribution in [0.1, 0.15) is 72.1 Å². The first kappa shape index (κ1) is 36.2. The smallest absolute Gasteiger partial charge is 0.164 e. The fourth-order valence-corrected chi connectivity index (χ4v) is 6.07. The predicted molar refractivity (Wildman–Crippen MR) is 199 cm³/mol. The Kier molecular flexibility index (Phi) is 9.82. The number of nitrogens with zero attached hydrogens (tertiary/aromatic N) is 2. The molecule has 3 heterocycles. The zero-order valence-electron chi connectivity index (χ0n) is 30.1. The van der Waals surface area contributed by atoms with Crippen LogP contribution in [-0.4, -0.2) is 20.9 Å². The molecule has 0 aliphatic carbocycles. The van der Waals surface area contributed by atoms with Crippen LogP contribution in [0, 0.1) is 36.7 Å². The van der Waals surface area contributed by atoms with Crippen molar-refractivity contribution in [3.63, 3.8) is 0 Å². The van der Waals surface area contributed by atoms with Gasteiger partial charge in [-0.05, 0) is 76.4 Å². The van der Waals surface area contributed by atoms with E-state index in [2.05, 4.69) is 88.4 Å². The molecule has 1 radical (unpaired) electrons. The molecule has 2 aromatic heterocycles. The summed E-state index contributed by atoms with van der Waals surface area (Å²) in [6, 6.07) is 23.4. The summed E-state index contributed by atoms with van der Waals surface area (Å²) in [5.41, 5.74) is 5.63. The average Bonchev–Trinajstić information content (AvgIpc) is 3.01. The molecule has 0 unspecified atom stereocenters. The van der Waals surface area contributed by atoms with Gasteiger partial charge in [0, 0.05) is 59.8 Å². The molecule has 0 saturated heterocycles. The Hall–Kier alpha value is -4.12. The molecule has 1 aliphatic rings. The van der Waals surface area contributed by atoms with Gasteiger partial charge in [-0.1, -0.05) is 108 Å². The number of ketones is 1. The number of carbonyl (C=O) groups excluding carboxylic acids is 1. The van der Waals surface area contributed by atoms with Crippen LogP contribution >= 0.6 is 0 Å². The molecule has 49 heavy (non-hydrogen) atoms. The summed E-state index contributed by atoms with van der Waals surface area (Å²) in [6.07, 6.45) is 4.30. The third kappa shape index (κ3) is 7.00. The topological polar surface area (TPSA) is 72.3 Å². The monoisotopic (exact) mass is 830 g/mol. The Morgan fingerprint density at radius 1 is 0.898 bits per heavy atom. The Morgan fingerprint density at radius 3 is 2.29 bits per heavy atom. The molecule has 255 valence electrons. The summed E-state index contributed by atoms with van der Waals surface area (Å²) in [5, 5.41) is 17.7. The maximum absolute atomic E-state index is 11.5. The molecule has 0 saturated carbocycles. The number of aliphatic hydroxyl groups excluding tert-OH is 1. The van der Waals surface area contributed by atoms with E-state index in [-0.39, 0.29) is 37.1 Å². The standard InChI is InChI=1S/C32H25N2O.C11H20O2.Ir/c1-17(2)13-20-6-8-21-9-10-23-24-11-12-33-31-27-15-22-7-5-18(3)19(4)30(22)34-32(27)35-28(29(24)31)16-26(23)25(21)14-20;1-10(2,3)8(12)7-9(13)11(4,5)6;/h5-12,14,16-17H,13H2,1-4H3;7,12H,1-6H3;/q-1;;/b;8-7-;. The summed E-state index contributed by atoms with van der Waals surface area (Å²) >= 11 is 0. The molecule has 0 atom stereocenters. The van der Waals surface area contributed by atoms with Crippen molar-refractivity contribution in [1.29, 1.82) is 0 Å². The van der Waals surface area contributed by atoms with Crippen molar-refractivity contribution in [1.82, 2.24) is 9.97 Å². The second-order valence-electron chi connectivity index (χ2n) is 15.6. The van der Waals surface area contributed by atoms with E-state index in [1.54, 1.807) is 0 Å². The van der Waals surface area contributed by atoms with Gasteiger partial charge in [-0.2, -0.15) is 0 Å². The number of carbonyl (C=O) groups is 1. The SMILES string of the molecule is CC(C)(C)C(=O)/C=C(\O)C(C)(C)C.Cc1ccc2[c-]c3c(nc2c1C)Oc1cc2c4cc(CC(C)C)ccc4ccc2c2ccnc-3c12.[Ir]. The molecule has 0 fully saturated rings. The second-order valence-corrected chi connectivity index (χ2v) is 15.6. The zero-order chi connectivity index (χ0) is 34.7. The minimum absolute atomic E-state index is 0. The van der Waals surface area contributed by atoms with Crippen LogP contribution in [0.25, 0.3) is 54.5 Å². The number of pyridine rings is 2. The van der Waals surface area contributed by atoms with Crippen molar-refractivity contribution in [2.75, 3.05) is 0 Å². The number of hydrogen-bond acceptors (Lipinski definition) is 5. The first-order valence-electron chi connectivity index (χ1n) is 16.8. The van der Waals surface area contributed by atoms with Crippen LogP contribution < -0.4 is 4.74 Å². The Labute approximate surface area is 303 Å². The molecule has 6 heteroatoms. The summed E-state index contributed by atoms with van der Waals surface area (Å²) in [6.45, 7) is 19.9. The summed E-state index contributed by atoms with van der Waals surface area (Å²) in [5.74, 6) is 2.11. The van der Waals surface area contributed by atoms with E-state index in [0.29, 0.717) is 11.8 Å². The van der Waals surface area contributed by atoms with Gasteiger partial charge in [-0.15, -0.1) is 12.1 Å². The molecule has 7 rings (SSSR count). The number of allylic oxidation sites excluding steroid dienone is 2. The summed E-state index contributed by atoms with van der Waals surface area (Å²) in [4.78, 5) is 21.2. The number of rotatable bonds is 3. The van der Waals surface area contributed by atoms with Crippen molar-refractivity contribution >= 4 is 49.0 Å². The number of aromatic nitrogens is 2. The van der Waals surface area contributed by atoms with Crippen molar-refractivity contribution < 1.29 is 34.7 Å². The van der Waals surface area contributed by atoms with Crippen LogP contribution in [0.4, 0.5) is 0 Å². The van der Waals surface area contributed by atoms with Crippen LogP contribution in [-0.2, 0) is 31.3 Å². The van der Waals surface area contributed by atoms with E-state index in [1.807, 2.05) is 47.7 Å². The number of benzene rings is 4. The number of fused-ring (bicyclic) bond motifs is 7. The van der Waals surface area contributed by atoms with Crippen molar-refractivity contribution in [3.8, 4) is 22.9 Å². The first-order chi connectivity index (χ1) is 22.5. The van der Waals surface area contributed by atoms with Crippen molar-refractivity contribution in [3.05, 3.63) is 95.4 Å². The first-order valence-corrected chi connectivity index (χ1v) is 16.8. The van der Waals surface area contributed by atoms with Gasteiger partial charge >= 0.3 is 0 Å². The number of aryl methyl sites for hydroxylation is 2. The van der Waals surface area contributed by atoms with Crippen LogP contribution in [0.5, 0.6) is 11.6 Å². The molecular formula is C43H45IrN2O3-. The number of hydrogen-bond donors (Lipinski definition) is 1. The fourth-order valence-electron chi connectivity index (χ4n) is 6.07. The van der Waals surface area contributed by atoms with E-state index in [4.69, 9.17) is 14.7 Å². The largest absolute Gasteiger partial charge is 0.512 e. The molecule has 6 aromatic rings. The van der Waals surface area contributed by atoms with E-state index in [1.165, 1.54) is 38.7 Å². The molecule has 0 bridgehead atoms. The maximum atomic E-state index is 11.5. The van der Waals surface area contributed by atoms with Gasteiger partial charge in [0.1, 0.15) is 11.5 Å². The molecule has 0 spiro atoms. The van der Waals surface area contributed by atoms with Crippen molar-refractivity contribution in [2.24, 2.45) is 16.7 Å². The molecule has 5 nitrogen and oxygen atoms in total. The van der Waals surface area contributed by atoms with Gasteiger partial charge in [0.15, 0.2) is 11.7 Å². The van der Waals surface area contributed by atoms with Crippen molar-refractivity contribution in [2.45, 2.75) is 75.7 Å². The molecule has 1 N–H and O–H groups in total. The van der Waals surface area contributed by atoms with Gasteiger partial charge in [0.05, 0.1) is 0 Å². The van der Waals surface area contributed by atoms with Crippen LogP contribution in [0.15, 0.2) is 72.6 Å². The van der Waals surface area contributed by atoms with E-state index >= 15 is 0 Å². The van der Waals surface area contributed by atoms with E-state index < -0.39 is 5.41 Å². The molecule has 0 amide bonds. The second kappa shape index (κ2) is 13.3. The molecular weight excluding hydrogens is 785 g/mol. The fraction of sp³-hybridized carbons (Fsp3) is 0.326. The number of aliphatic hydroxyl groups is 1. The van der Waals surface area contributed by atoms with Gasteiger partial charge in [0.25, 0.3) is 0 Å². The van der Waals surface area contributed by atoms with Gasteiger partial charge in [-0.25, -0.2) is 0 Å². The van der Waals surface area contributed by atoms with Gasteiger partial charge in [0.2, 0.25) is 0 Å². The Balaban J connectivity index is 0.000000288. The Morgan fingerprint density at radius 2 is 1.61 bits per heavy atom. The van der Waals surface area contributed by atoms with Crippen LogP contribution in [0.3, 0.4) is 0 Å². The third-order valence-corrected chi connectivity index (χ3v) is 9.14. The van der Waals surface area contributed by atoms with Gasteiger partial charge < -0.3 is 9.84 Å². The number of ether oxygens (including phenoxy) is 1. The van der Waals surface area contributed by atoms with E-state index in [9.17, 15) is 9.90 Å². The van der Waals surface area contributed by atoms with Gasteiger partial charge in [-0.3, -0.25) is 14.8 Å². The summed E-state index contributed by atoms with van der Waals surface area (Å²) < 4.78 is 6.52. The predicted octanol–water partition coefficient (Wildman–Crippen LogP) is 11.6. The molecule has 1 aliphatic heterocycles. The summed E-state index contributed by atoms with van der Waals surface area (Å²) in [7, 11) is 0. The Bertz CT molecular complexity index is 2290. The quantitative estimate of drug-likeness (QED) is 0.0831. The normalized spacial score (nSPS) is 12.8. The van der Waals surface area contributed by atoms with Crippen LogP contribution in [0.2, 0.25) is 0 Å². The maximum Gasteiger partial charge on any atom is 0.164 e. The minimum Gasteiger partial charge on any atom is -0.512 e. The molecule has 4 aromatic carbocycles. The van der Waals surface area contributed by atoms with E-state index in [0.717, 1.165) is 50.7 Å².